The topological polar surface area (TPSA) is 91.0 Å². The summed E-state index contributed by atoms with van der Waals surface area (Å²) in [5.41, 5.74) is 1.14. The molecule has 0 aliphatic heterocycles. The van der Waals surface area contributed by atoms with E-state index >= 15 is 0 Å². The third-order valence-corrected chi connectivity index (χ3v) is 2.69. The Balaban J connectivity index is 3.01. The lowest BCUT2D eigenvalue weighted by atomic mass is 10.2. The van der Waals surface area contributed by atoms with Gasteiger partial charge in [-0.15, -0.1) is 0 Å². The van der Waals surface area contributed by atoms with E-state index < -0.39 is 4.92 Å². The Hall–Kier alpha value is -1.81. The molecule has 0 saturated heterocycles. The predicted molar refractivity (Wildman–Crippen MR) is 69.1 cm³/mol. The van der Waals surface area contributed by atoms with Crippen molar-refractivity contribution in [2.75, 3.05) is 24.2 Å². The second kappa shape index (κ2) is 6.06. The Kier molecular flexibility index (Phi) is 4.72. The molecule has 90 valence electrons. The van der Waals surface area contributed by atoms with Crippen LogP contribution in [0.1, 0.15) is 6.42 Å². The smallest absolute Gasteiger partial charge is 0.306 e. The highest BCUT2D eigenvalue weighted by atomic mass is 79.9. The molecule has 0 spiro atoms. The molecule has 0 fully saturated rings. The van der Waals surface area contributed by atoms with Crippen LogP contribution in [0.25, 0.3) is 0 Å². The van der Waals surface area contributed by atoms with Gasteiger partial charge in [-0.2, -0.15) is 5.26 Å². The van der Waals surface area contributed by atoms with Crippen LogP contribution in [0, 0.1) is 21.4 Å². The lowest BCUT2D eigenvalue weighted by Crippen LogP contribution is -2.03. The van der Waals surface area contributed by atoms with Crippen molar-refractivity contribution < 1.29 is 4.92 Å². The molecule has 1 rings (SSSR count). The first-order valence-corrected chi connectivity index (χ1v) is 5.66. The van der Waals surface area contributed by atoms with Gasteiger partial charge in [0.2, 0.25) is 0 Å². The zero-order valence-corrected chi connectivity index (χ0v) is 10.7. The van der Waals surface area contributed by atoms with Crippen molar-refractivity contribution in [2.24, 2.45) is 0 Å². The van der Waals surface area contributed by atoms with E-state index in [0.717, 1.165) is 5.69 Å². The van der Waals surface area contributed by atoms with E-state index in [0.29, 0.717) is 23.1 Å². The summed E-state index contributed by atoms with van der Waals surface area (Å²) >= 11 is 3.16. The number of nitro groups is 1. The fourth-order valence-corrected chi connectivity index (χ4v) is 1.94. The monoisotopic (exact) mass is 298 g/mol. The summed E-state index contributed by atoms with van der Waals surface area (Å²) in [4.78, 5) is 10.4. The van der Waals surface area contributed by atoms with E-state index in [-0.39, 0.29) is 5.69 Å². The van der Waals surface area contributed by atoms with Gasteiger partial charge in [-0.05, 0) is 28.1 Å². The highest BCUT2D eigenvalue weighted by Crippen LogP contribution is 2.35. The van der Waals surface area contributed by atoms with Crippen molar-refractivity contribution in [1.29, 1.82) is 5.26 Å². The molecule has 0 atom stereocenters. The van der Waals surface area contributed by atoms with Gasteiger partial charge in [0.15, 0.2) is 0 Å². The number of benzene rings is 1. The van der Waals surface area contributed by atoms with E-state index in [1.54, 1.807) is 19.2 Å². The molecular formula is C10H11BrN4O2. The molecule has 2 N–H and O–H groups in total. The Morgan fingerprint density at radius 3 is 2.82 bits per heavy atom. The molecule has 0 aromatic heterocycles. The molecule has 0 unspecified atom stereocenters. The summed E-state index contributed by atoms with van der Waals surface area (Å²) in [6, 6.07) is 5.27. The summed E-state index contributed by atoms with van der Waals surface area (Å²) in [7, 11) is 1.62. The second-order valence-corrected chi connectivity index (χ2v) is 4.05. The van der Waals surface area contributed by atoms with Crippen molar-refractivity contribution in [2.45, 2.75) is 6.42 Å². The third-order valence-electron chi connectivity index (χ3n) is 2.08. The molecule has 0 aliphatic rings. The number of hydrogen-bond donors (Lipinski definition) is 2. The minimum absolute atomic E-state index is 0.00154. The Morgan fingerprint density at radius 1 is 1.59 bits per heavy atom. The van der Waals surface area contributed by atoms with E-state index in [9.17, 15) is 10.1 Å². The predicted octanol–water partition coefficient (Wildman–Crippen LogP) is 2.72. The van der Waals surface area contributed by atoms with E-state index in [1.807, 2.05) is 6.07 Å². The molecule has 17 heavy (non-hydrogen) atoms. The van der Waals surface area contributed by atoms with Crippen LogP contribution in [0.4, 0.5) is 17.1 Å². The molecule has 0 radical (unpaired) electrons. The first-order chi connectivity index (χ1) is 8.10. The van der Waals surface area contributed by atoms with Crippen molar-refractivity contribution in [3.8, 4) is 6.07 Å². The van der Waals surface area contributed by atoms with Crippen LogP contribution < -0.4 is 10.6 Å². The molecule has 1 aromatic rings. The lowest BCUT2D eigenvalue weighted by Gasteiger charge is -2.09. The van der Waals surface area contributed by atoms with Gasteiger partial charge in [0.05, 0.1) is 21.9 Å². The largest absolute Gasteiger partial charge is 0.384 e. The molecular weight excluding hydrogens is 288 g/mol. The fourth-order valence-electron chi connectivity index (χ4n) is 1.34. The molecule has 0 bridgehead atoms. The molecule has 0 amide bonds. The van der Waals surface area contributed by atoms with Gasteiger partial charge in [0, 0.05) is 19.3 Å². The SMILES string of the molecule is CNc1cc(NCCC#N)cc(Br)c1[N+](=O)[O-]. The Morgan fingerprint density at radius 2 is 2.29 bits per heavy atom. The summed E-state index contributed by atoms with van der Waals surface area (Å²) in [5.74, 6) is 0. The number of rotatable bonds is 5. The maximum absolute atomic E-state index is 10.8. The molecule has 0 aliphatic carbocycles. The van der Waals surface area contributed by atoms with E-state index in [1.165, 1.54) is 0 Å². The Labute approximate surface area is 107 Å². The number of anilines is 2. The number of nitriles is 1. The van der Waals surface area contributed by atoms with Crippen LogP contribution >= 0.6 is 15.9 Å². The Bertz CT molecular complexity index is 470. The van der Waals surface area contributed by atoms with Gasteiger partial charge in [-0.3, -0.25) is 10.1 Å². The second-order valence-electron chi connectivity index (χ2n) is 3.20. The quantitative estimate of drug-likeness (QED) is 0.495. The molecule has 7 heteroatoms. The average Bonchev–Trinajstić information content (AvgIpc) is 2.27. The van der Waals surface area contributed by atoms with Gasteiger partial charge in [-0.1, -0.05) is 0 Å². The summed E-state index contributed by atoms with van der Waals surface area (Å²) in [5, 5.41) is 25.0. The van der Waals surface area contributed by atoms with Crippen LogP contribution in [0.3, 0.4) is 0 Å². The highest BCUT2D eigenvalue weighted by molar-refractivity contribution is 9.10. The molecule has 1 aromatic carbocycles. The minimum Gasteiger partial charge on any atom is -0.384 e. The average molecular weight is 299 g/mol. The van der Waals surface area contributed by atoms with Crippen molar-refractivity contribution in [3.63, 3.8) is 0 Å². The van der Waals surface area contributed by atoms with Crippen molar-refractivity contribution >= 4 is 33.0 Å². The van der Waals surface area contributed by atoms with Gasteiger partial charge in [0.25, 0.3) is 0 Å². The van der Waals surface area contributed by atoms with Gasteiger partial charge >= 0.3 is 5.69 Å². The zero-order chi connectivity index (χ0) is 12.8. The van der Waals surface area contributed by atoms with Crippen LogP contribution in [0.2, 0.25) is 0 Å². The van der Waals surface area contributed by atoms with E-state index in [4.69, 9.17) is 5.26 Å². The normalized spacial score (nSPS) is 9.47. The number of halogens is 1. The van der Waals surface area contributed by atoms with Crippen molar-refractivity contribution in [3.05, 3.63) is 26.7 Å². The standard InChI is InChI=1S/C10H11BrN4O2/c1-13-9-6-7(14-4-2-3-12)5-8(11)10(9)15(16)17/h5-6,13-14H,2,4H2,1H3. The summed E-state index contributed by atoms with van der Waals surface area (Å²) < 4.78 is 0.397. The third kappa shape index (κ3) is 3.32. The maximum Gasteiger partial charge on any atom is 0.306 e. The molecule has 6 nitrogen and oxygen atoms in total. The number of nitrogens with one attached hydrogen (secondary N) is 2. The van der Waals surface area contributed by atoms with Crippen LogP contribution in [-0.2, 0) is 0 Å². The van der Waals surface area contributed by atoms with Crippen molar-refractivity contribution in [1.82, 2.24) is 0 Å². The van der Waals surface area contributed by atoms with E-state index in [2.05, 4.69) is 26.6 Å². The molecule has 0 heterocycles. The number of hydrogen-bond acceptors (Lipinski definition) is 5. The van der Waals surface area contributed by atoms with Crippen LogP contribution in [0.15, 0.2) is 16.6 Å². The fraction of sp³-hybridized carbons (Fsp3) is 0.300. The zero-order valence-electron chi connectivity index (χ0n) is 9.16. The number of nitro benzene ring substituents is 1. The van der Waals surface area contributed by atoms with Crippen LogP contribution in [-0.4, -0.2) is 18.5 Å². The van der Waals surface area contributed by atoms with Crippen LogP contribution in [0.5, 0.6) is 0 Å². The number of nitrogens with zero attached hydrogens (tertiary/aromatic N) is 2. The minimum atomic E-state index is -0.449. The summed E-state index contributed by atoms with van der Waals surface area (Å²) in [6.45, 7) is 0.504. The lowest BCUT2D eigenvalue weighted by molar-refractivity contribution is -0.384. The van der Waals surface area contributed by atoms with Gasteiger partial charge in [0.1, 0.15) is 5.69 Å². The molecule has 0 saturated carbocycles. The first kappa shape index (κ1) is 13.3. The highest BCUT2D eigenvalue weighted by Gasteiger charge is 2.18. The maximum atomic E-state index is 10.8. The van der Waals surface area contributed by atoms with Gasteiger partial charge < -0.3 is 10.6 Å². The first-order valence-electron chi connectivity index (χ1n) is 4.86. The van der Waals surface area contributed by atoms with Gasteiger partial charge in [-0.25, -0.2) is 0 Å². The summed E-state index contributed by atoms with van der Waals surface area (Å²) in [6.07, 6.45) is 0.378.